The Kier molecular flexibility index (Phi) is 7.60. The Labute approximate surface area is 199 Å². The van der Waals surface area contributed by atoms with Gasteiger partial charge in [-0.15, -0.1) is 0 Å². The van der Waals surface area contributed by atoms with E-state index in [-0.39, 0.29) is 28.3 Å². The van der Waals surface area contributed by atoms with Crippen LogP contribution in [0.3, 0.4) is 0 Å². The first-order valence-electron chi connectivity index (χ1n) is 9.95. The molecule has 174 valence electrons. The van der Waals surface area contributed by atoms with Crippen LogP contribution in [0.5, 0.6) is 5.75 Å². The fraction of sp³-hybridized carbons (Fsp3) is 0.125. The molecule has 0 saturated carbocycles. The molecule has 0 aliphatic heterocycles. The molecule has 1 amide bonds. The molecule has 10 heteroatoms. The molecule has 0 radical (unpaired) electrons. The van der Waals surface area contributed by atoms with E-state index < -0.39 is 28.7 Å². The number of esters is 1. The van der Waals surface area contributed by atoms with Crippen LogP contribution in [0.4, 0.5) is 11.4 Å². The van der Waals surface area contributed by atoms with Crippen molar-refractivity contribution in [2.45, 2.75) is 13.0 Å². The molecule has 0 heterocycles. The lowest BCUT2D eigenvalue weighted by molar-refractivity contribution is -0.384. The van der Waals surface area contributed by atoms with Gasteiger partial charge in [-0.1, -0.05) is 29.8 Å². The summed E-state index contributed by atoms with van der Waals surface area (Å²) in [5.74, 6) is -1.85. The molecule has 34 heavy (non-hydrogen) atoms. The Morgan fingerprint density at radius 2 is 1.65 bits per heavy atom. The molecule has 0 aliphatic rings. The topological polar surface area (TPSA) is 125 Å². The molecule has 1 atom stereocenters. The quantitative estimate of drug-likeness (QED) is 0.214. The van der Waals surface area contributed by atoms with Crippen molar-refractivity contribution in [3.05, 3.63) is 98.6 Å². The van der Waals surface area contributed by atoms with Gasteiger partial charge in [0.1, 0.15) is 5.75 Å². The molecule has 3 aromatic carbocycles. The van der Waals surface area contributed by atoms with Crippen molar-refractivity contribution in [3.8, 4) is 5.75 Å². The number of nitro benzene ring substituents is 1. The van der Waals surface area contributed by atoms with E-state index in [1.165, 1.54) is 50.4 Å². The summed E-state index contributed by atoms with van der Waals surface area (Å²) in [6, 6.07) is 15.9. The lowest BCUT2D eigenvalue weighted by Crippen LogP contribution is -2.30. The number of hydrogen-bond acceptors (Lipinski definition) is 7. The van der Waals surface area contributed by atoms with Crippen LogP contribution in [0.1, 0.15) is 33.2 Å². The van der Waals surface area contributed by atoms with Gasteiger partial charge in [0.15, 0.2) is 11.9 Å². The highest BCUT2D eigenvalue weighted by molar-refractivity contribution is 6.30. The summed E-state index contributed by atoms with van der Waals surface area (Å²) >= 11 is 5.87. The van der Waals surface area contributed by atoms with Crippen LogP contribution in [0.2, 0.25) is 5.02 Å². The average Bonchev–Trinajstić information content (AvgIpc) is 2.83. The maximum Gasteiger partial charge on any atom is 0.339 e. The van der Waals surface area contributed by atoms with Crippen LogP contribution in [-0.4, -0.2) is 35.8 Å². The Balaban J connectivity index is 1.77. The van der Waals surface area contributed by atoms with Gasteiger partial charge in [0.25, 0.3) is 11.6 Å². The van der Waals surface area contributed by atoms with Crippen LogP contribution >= 0.6 is 11.6 Å². The molecule has 0 fully saturated rings. The van der Waals surface area contributed by atoms with Gasteiger partial charge < -0.3 is 14.8 Å². The van der Waals surface area contributed by atoms with E-state index in [0.717, 1.165) is 6.07 Å². The van der Waals surface area contributed by atoms with Gasteiger partial charge in [-0.25, -0.2) is 4.79 Å². The molecule has 0 spiro atoms. The smallest absolute Gasteiger partial charge is 0.339 e. The van der Waals surface area contributed by atoms with Crippen molar-refractivity contribution < 1.29 is 28.8 Å². The summed E-state index contributed by atoms with van der Waals surface area (Å²) in [7, 11) is 1.34. The van der Waals surface area contributed by atoms with Crippen molar-refractivity contribution in [2.24, 2.45) is 0 Å². The van der Waals surface area contributed by atoms with Gasteiger partial charge in [-0.2, -0.15) is 0 Å². The van der Waals surface area contributed by atoms with Gasteiger partial charge in [-0.3, -0.25) is 19.7 Å². The summed E-state index contributed by atoms with van der Waals surface area (Å²) in [6.07, 6.45) is -1.28. The molecule has 3 rings (SSSR count). The number of ether oxygens (including phenoxy) is 2. The van der Waals surface area contributed by atoms with E-state index in [9.17, 15) is 24.5 Å². The third kappa shape index (κ3) is 5.57. The second-order valence-electron chi connectivity index (χ2n) is 7.06. The third-order valence-corrected chi connectivity index (χ3v) is 5.05. The number of carbonyl (C=O) groups excluding carboxylic acids is 3. The summed E-state index contributed by atoms with van der Waals surface area (Å²) < 4.78 is 10.4. The van der Waals surface area contributed by atoms with Crippen molar-refractivity contribution >= 4 is 40.6 Å². The number of carbonyl (C=O) groups is 3. The first kappa shape index (κ1) is 24.4. The standard InChI is InChI=1S/C24H19ClN2O7/c1-14(23(29)26-20-13-17(27(31)32)11-12-21(20)33-2)34-24(30)19-6-4-3-5-18(19)22(28)15-7-9-16(25)10-8-15/h3-14H,1-2H3,(H,26,29)/t14-/m1/s1. The number of nitro groups is 1. The van der Waals surface area contributed by atoms with Gasteiger partial charge in [0, 0.05) is 28.3 Å². The van der Waals surface area contributed by atoms with E-state index in [1.54, 1.807) is 24.3 Å². The first-order valence-corrected chi connectivity index (χ1v) is 10.3. The maximum atomic E-state index is 12.9. The minimum absolute atomic E-state index is 0.0185. The Bertz CT molecular complexity index is 1260. The number of methoxy groups -OCH3 is 1. The van der Waals surface area contributed by atoms with E-state index in [1.807, 2.05) is 0 Å². The van der Waals surface area contributed by atoms with Crippen LogP contribution in [0.15, 0.2) is 66.7 Å². The first-order chi connectivity index (χ1) is 16.2. The second kappa shape index (κ2) is 10.6. The zero-order valence-corrected chi connectivity index (χ0v) is 18.9. The molecule has 0 unspecified atom stereocenters. The van der Waals surface area contributed by atoms with Crippen LogP contribution < -0.4 is 10.1 Å². The van der Waals surface area contributed by atoms with E-state index in [0.29, 0.717) is 10.6 Å². The van der Waals surface area contributed by atoms with Crippen molar-refractivity contribution in [3.63, 3.8) is 0 Å². The van der Waals surface area contributed by atoms with Gasteiger partial charge in [0.05, 0.1) is 23.3 Å². The normalized spacial score (nSPS) is 11.3. The molecule has 0 aliphatic carbocycles. The highest BCUT2D eigenvalue weighted by atomic mass is 35.5. The third-order valence-electron chi connectivity index (χ3n) is 4.80. The molecular formula is C24H19ClN2O7. The number of hydrogen-bond donors (Lipinski definition) is 1. The number of rotatable bonds is 8. The highest BCUT2D eigenvalue weighted by Crippen LogP contribution is 2.29. The fourth-order valence-electron chi connectivity index (χ4n) is 3.04. The molecule has 0 aromatic heterocycles. The molecule has 0 saturated heterocycles. The average molecular weight is 483 g/mol. The largest absolute Gasteiger partial charge is 0.495 e. The molecule has 0 bridgehead atoms. The lowest BCUT2D eigenvalue weighted by atomic mass is 9.98. The summed E-state index contributed by atoms with van der Waals surface area (Å²) in [5, 5.41) is 13.9. The summed E-state index contributed by atoms with van der Waals surface area (Å²) in [6.45, 7) is 1.33. The maximum absolute atomic E-state index is 12.9. The van der Waals surface area contributed by atoms with Gasteiger partial charge >= 0.3 is 5.97 Å². The summed E-state index contributed by atoms with van der Waals surface area (Å²) in [5.41, 5.74) is 0.198. The zero-order valence-electron chi connectivity index (χ0n) is 18.1. The predicted molar refractivity (Wildman–Crippen MR) is 124 cm³/mol. The highest BCUT2D eigenvalue weighted by Gasteiger charge is 2.24. The second-order valence-corrected chi connectivity index (χ2v) is 7.50. The predicted octanol–water partition coefficient (Wildman–Crippen LogP) is 4.67. The number of non-ortho nitro benzene ring substituents is 1. The number of amides is 1. The van der Waals surface area contributed by atoms with Crippen LogP contribution in [0.25, 0.3) is 0 Å². The molecule has 9 nitrogen and oxygen atoms in total. The van der Waals surface area contributed by atoms with Crippen molar-refractivity contribution in [1.82, 2.24) is 0 Å². The van der Waals surface area contributed by atoms with Crippen molar-refractivity contribution in [2.75, 3.05) is 12.4 Å². The van der Waals surface area contributed by atoms with E-state index in [2.05, 4.69) is 5.32 Å². The summed E-state index contributed by atoms with van der Waals surface area (Å²) in [4.78, 5) is 48.7. The van der Waals surface area contributed by atoms with E-state index in [4.69, 9.17) is 21.1 Å². The van der Waals surface area contributed by atoms with Gasteiger partial charge in [-0.05, 0) is 43.3 Å². The Morgan fingerprint density at radius 3 is 2.26 bits per heavy atom. The van der Waals surface area contributed by atoms with E-state index >= 15 is 0 Å². The zero-order chi connectivity index (χ0) is 24.8. The monoisotopic (exact) mass is 482 g/mol. The number of benzene rings is 3. The number of nitrogens with zero attached hydrogens (tertiary/aromatic N) is 1. The number of anilines is 1. The number of ketones is 1. The van der Waals surface area contributed by atoms with Gasteiger partial charge in [0.2, 0.25) is 0 Å². The van der Waals surface area contributed by atoms with Crippen LogP contribution in [0, 0.1) is 10.1 Å². The van der Waals surface area contributed by atoms with Crippen LogP contribution in [-0.2, 0) is 9.53 Å². The molecular weight excluding hydrogens is 464 g/mol. The fourth-order valence-corrected chi connectivity index (χ4v) is 3.16. The Morgan fingerprint density at radius 1 is 1.00 bits per heavy atom. The lowest BCUT2D eigenvalue weighted by Gasteiger charge is -2.16. The molecule has 1 N–H and O–H groups in total. The minimum Gasteiger partial charge on any atom is -0.495 e. The molecule has 3 aromatic rings. The Hall–Kier alpha value is -4.24. The number of halogens is 1. The van der Waals surface area contributed by atoms with Crippen molar-refractivity contribution in [1.29, 1.82) is 0 Å². The number of nitrogens with one attached hydrogen (secondary N) is 1. The SMILES string of the molecule is COc1ccc([N+](=O)[O-])cc1NC(=O)[C@@H](C)OC(=O)c1ccccc1C(=O)c1ccc(Cl)cc1. The minimum atomic E-state index is -1.28.